The molecule has 0 amide bonds. The lowest BCUT2D eigenvalue weighted by Gasteiger charge is -2.16. The quantitative estimate of drug-likeness (QED) is 0.728. The highest BCUT2D eigenvalue weighted by atomic mass is 15.2. The zero-order valence-corrected chi connectivity index (χ0v) is 14.7. The summed E-state index contributed by atoms with van der Waals surface area (Å²) in [6.07, 6.45) is 17.0. The van der Waals surface area contributed by atoms with Gasteiger partial charge in [0.05, 0.1) is 18.5 Å². The Balaban J connectivity index is 1.43. The van der Waals surface area contributed by atoms with E-state index in [4.69, 9.17) is 0 Å². The van der Waals surface area contributed by atoms with Gasteiger partial charge in [0.25, 0.3) is 0 Å². The van der Waals surface area contributed by atoms with E-state index in [-0.39, 0.29) is 0 Å². The number of unbranched alkanes of at least 4 members (excludes halogenated alkanes) is 2. The van der Waals surface area contributed by atoms with Gasteiger partial charge in [-0.1, -0.05) is 26.7 Å². The smallest absolute Gasteiger partial charge is 0.237 e. The molecule has 2 aromatic heterocycles. The van der Waals surface area contributed by atoms with Crippen LogP contribution in [0.15, 0.2) is 25.0 Å². The highest BCUT2D eigenvalue weighted by molar-refractivity contribution is 5.15. The van der Waals surface area contributed by atoms with Gasteiger partial charge in [0.15, 0.2) is 0 Å². The van der Waals surface area contributed by atoms with E-state index < -0.39 is 0 Å². The summed E-state index contributed by atoms with van der Waals surface area (Å²) in [5.41, 5.74) is 3.51. The largest absolute Gasteiger partial charge is 0.244 e. The van der Waals surface area contributed by atoms with Gasteiger partial charge in [0, 0.05) is 12.8 Å². The molecule has 0 saturated carbocycles. The number of rotatable bonds is 6. The fourth-order valence-electron chi connectivity index (χ4n) is 4.44. The van der Waals surface area contributed by atoms with Crippen LogP contribution in [0.5, 0.6) is 0 Å². The summed E-state index contributed by atoms with van der Waals surface area (Å²) in [4.78, 5) is 0. The second-order valence-corrected chi connectivity index (χ2v) is 7.76. The molecule has 0 saturated heterocycles. The van der Waals surface area contributed by atoms with Crippen LogP contribution in [0.4, 0.5) is 0 Å². The monoisotopic (exact) mass is 314 g/mol. The molecule has 4 heteroatoms. The number of hydrogen-bond donors (Lipinski definition) is 0. The van der Waals surface area contributed by atoms with E-state index in [1.54, 1.807) is 0 Å². The molecule has 2 aliphatic heterocycles. The van der Waals surface area contributed by atoms with Crippen molar-refractivity contribution < 1.29 is 9.13 Å². The topological polar surface area (TPSA) is 17.6 Å². The molecule has 1 spiro atoms. The van der Waals surface area contributed by atoms with E-state index in [2.05, 4.69) is 57.2 Å². The number of aromatic nitrogens is 4. The molecule has 0 fully saturated rings. The minimum atomic E-state index is 0.443. The Kier molecular flexibility index (Phi) is 3.78. The zero-order chi connectivity index (χ0) is 15.9. The maximum Gasteiger partial charge on any atom is 0.244 e. The van der Waals surface area contributed by atoms with Crippen LogP contribution < -0.4 is 9.13 Å². The van der Waals surface area contributed by atoms with Crippen molar-refractivity contribution in [2.45, 2.75) is 78.6 Å². The Hall–Kier alpha value is -1.58. The molecule has 4 heterocycles. The summed E-state index contributed by atoms with van der Waals surface area (Å²) in [6, 6.07) is 0. The van der Waals surface area contributed by atoms with Gasteiger partial charge in [0.1, 0.15) is 36.9 Å². The van der Waals surface area contributed by atoms with Crippen molar-refractivity contribution in [2.75, 3.05) is 0 Å². The number of imidazole rings is 2. The van der Waals surface area contributed by atoms with Crippen LogP contribution in [0.3, 0.4) is 0 Å². The normalized spacial score (nSPS) is 17.8. The van der Waals surface area contributed by atoms with Crippen LogP contribution in [0.1, 0.15) is 50.9 Å². The summed E-state index contributed by atoms with van der Waals surface area (Å²) < 4.78 is 9.79. The predicted molar refractivity (Wildman–Crippen MR) is 88.9 cm³/mol. The van der Waals surface area contributed by atoms with E-state index in [9.17, 15) is 0 Å². The van der Waals surface area contributed by atoms with Gasteiger partial charge >= 0.3 is 0 Å². The summed E-state index contributed by atoms with van der Waals surface area (Å²) in [5, 5.41) is 0. The van der Waals surface area contributed by atoms with E-state index >= 15 is 0 Å². The Labute approximate surface area is 139 Å². The second kappa shape index (κ2) is 5.81. The van der Waals surface area contributed by atoms with Gasteiger partial charge in [0.2, 0.25) is 12.7 Å². The third-order valence-corrected chi connectivity index (χ3v) is 5.61. The van der Waals surface area contributed by atoms with E-state index in [0.29, 0.717) is 5.41 Å². The van der Waals surface area contributed by atoms with Crippen LogP contribution >= 0.6 is 0 Å². The van der Waals surface area contributed by atoms with Crippen LogP contribution in [0.25, 0.3) is 0 Å². The van der Waals surface area contributed by atoms with E-state index in [1.165, 1.54) is 76.1 Å². The van der Waals surface area contributed by atoms with Crippen molar-refractivity contribution >= 4 is 0 Å². The van der Waals surface area contributed by atoms with Crippen LogP contribution in [-0.2, 0) is 39.0 Å². The lowest BCUT2D eigenvalue weighted by Crippen LogP contribution is -2.34. The molecule has 4 nitrogen and oxygen atoms in total. The van der Waals surface area contributed by atoms with Crippen molar-refractivity contribution in [3.63, 3.8) is 0 Å². The number of hydrogen-bond acceptors (Lipinski definition) is 0. The fourth-order valence-corrected chi connectivity index (χ4v) is 4.44. The molecule has 0 bridgehead atoms. The van der Waals surface area contributed by atoms with Crippen LogP contribution in [0.2, 0.25) is 0 Å². The average Bonchev–Trinajstić information content (AvgIpc) is 3.21. The van der Waals surface area contributed by atoms with Crippen molar-refractivity contribution in [2.24, 2.45) is 5.41 Å². The molecule has 2 aliphatic rings. The fraction of sp³-hybridized carbons (Fsp3) is 0.684. The molecule has 4 rings (SSSR count). The Morgan fingerprint density at radius 3 is 1.74 bits per heavy atom. The van der Waals surface area contributed by atoms with Gasteiger partial charge in [-0.25, -0.2) is 18.3 Å². The molecule has 0 radical (unpaired) electrons. The molecule has 0 aromatic carbocycles. The third kappa shape index (κ3) is 2.73. The highest BCUT2D eigenvalue weighted by Crippen LogP contribution is 2.41. The molecule has 2 aromatic rings. The first kappa shape index (κ1) is 15.0. The Bertz CT molecular complexity index is 584. The Morgan fingerprint density at radius 2 is 1.35 bits per heavy atom. The molecule has 0 N–H and O–H groups in total. The molecule has 23 heavy (non-hydrogen) atoms. The van der Waals surface area contributed by atoms with Gasteiger partial charge in [-0.15, -0.1) is 0 Å². The predicted octanol–water partition coefficient (Wildman–Crippen LogP) is 2.26. The van der Waals surface area contributed by atoms with Gasteiger partial charge in [-0.2, -0.15) is 0 Å². The second-order valence-electron chi connectivity index (χ2n) is 7.76. The first-order valence-electron chi connectivity index (χ1n) is 9.37. The molecular weight excluding hydrogens is 284 g/mol. The number of fused-ring (bicyclic) bond motifs is 2. The maximum atomic E-state index is 2.51. The molecule has 124 valence electrons. The summed E-state index contributed by atoms with van der Waals surface area (Å²) in [6.45, 7) is 9.25. The molecule has 0 unspecified atom stereocenters. The van der Waals surface area contributed by atoms with Crippen molar-refractivity contribution in [3.8, 4) is 0 Å². The first-order valence-corrected chi connectivity index (χ1v) is 9.37. The summed E-state index contributed by atoms with van der Waals surface area (Å²) in [7, 11) is 0. The lowest BCUT2D eigenvalue weighted by atomic mass is 9.84. The zero-order valence-electron chi connectivity index (χ0n) is 14.7. The van der Waals surface area contributed by atoms with Crippen molar-refractivity contribution in [1.82, 2.24) is 9.13 Å². The Morgan fingerprint density at radius 1 is 0.870 bits per heavy atom. The summed E-state index contributed by atoms with van der Waals surface area (Å²) >= 11 is 0. The third-order valence-electron chi connectivity index (χ3n) is 5.61. The lowest BCUT2D eigenvalue weighted by molar-refractivity contribution is -0.697. The van der Waals surface area contributed by atoms with Gasteiger partial charge in [-0.3, -0.25) is 0 Å². The van der Waals surface area contributed by atoms with Crippen LogP contribution in [-0.4, -0.2) is 9.13 Å². The van der Waals surface area contributed by atoms with E-state index in [0.717, 1.165) is 0 Å². The molecule has 0 atom stereocenters. The molecular formula is C19H30N4+2. The van der Waals surface area contributed by atoms with Gasteiger partial charge < -0.3 is 0 Å². The van der Waals surface area contributed by atoms with Crippen molar-refractivity contribution in [3.05, 3.63) is 36.4 Å². The maximum absolute atomic E-state index is 2.51. The SMILES string of the molecule is CCCC[n+]1cc2n(c1)CC1(C2)Cc2c[n+](CCCC)cn2C1. The minimum Gasteiger partial charge on any atom is -0.237 e. The highest BCUT2D eigenvalue weighted by Gasteiger charge is 2.49. The average molecular weight is 314 g/mol. The van der Waals surface area contributed by atoms with Crippen molar-refractivity contribution in [1.29, 1.82) is 0 Å². The van der Waals surface area contributed by atoms with Crippen LogP contribution in [0, 0.1) is 5.41 Å². The standard InChI is InChI=1S/C19H30N4/c1-3-5-7-20-11-17-9-19(13-22(17)15-20)10-18-12-21(8-6-4-2)16-23(18)14-19/h11-12,15-16H,3-10,13-14H2,1-2H3/q+2. The molecule has 0 aliphatic carbocycles. The summed E-state index contributed by atoms with van der Waals surface area (Å²) in [5.74, 6) is 0. The number of nitrogens with zero attached hydrogens (tertiary/aromatic N) is 4. The van der Waals surface area contributed by atoms with E-state index in [1.807, 2.05) is 0 Å². The number of aryl methyl sites for hydroxylation is 2. The van der Waals surface area contributed by atoms with Gasteiger partial charge in [-0.05, 0) is 12.8 Å². The minimum absolute atomic E-state index is 0.443. The first-order chi connectivity index (χ1) is 11.2.